The van der Waals surface area contributed by atoms with Crippen molar-refractivity contribution in [3.05, 3.63) is 40.7 Å². The zero-order valence-corrected chi connectivity index (χ0v) is 11.0. The van der Waals surface area contributed by atoms with Gasteiger partial charge in [-0.05, 0) is 35.8 Å². The molecule has 1 aromatic heterocycles. The van der Waals surface area contributed by atoms with E-state index in [0.29, 0.717) is 0 Å². The van der Waals surface area contributed by atoms with Crippen LogP contribution >= 0.6 is 11.5 Å². The lowest BCUT2D eigenvalue weighted by molar-refractivity contribution is 0.386. The zero-order valence-electron chi connectivity index (χ0n) is 10.2. The molecule has 2 rings (SSSR count). The summed E-state index contributed by atoms with van der Waals surface area (Å²) in [6, 6.07) is 4.86. The number of nitrogens with one attached hydrogen (secondary N) is 1. The molecule has 0 fully saturated rings. The van der Waals surface area contributed by atoms with Gasteiger partial charge in [-0.25, -0.2) is 4.39 Å². The third kappa shape index (κ3) is 2.65. The molecule has 4 nitrogen and oxygen atoms in total. The van der Waals surface area contributed by atoms with Crippen molar-refractivity contribution in [2.24, 2.45) is 0 Å². The number of benzene rings is 1. The molecule has 0 amide bonds. The van der Waals surface area contributed by atoms with Gasteiger partial charge in [0.1, 0.15) is 0 Å². The normalized spacial score (nSPS) is 12.4. The fraction of sp³-hybridized carbons (Fsp3) is 0.333. The maximum absolute atomic E-state index is 13.7. The van der Waals surface area contributed by atoms with E-state index in [1.54, 1.807) is 12.3 Å². The highest BCUT2D eigenvalue weighted by molar-refractivity contribution is 7.05. The van der Waals surface area contributed by atoms with Crippen LogP contribution in [0.4, 0.5) is 4.39 Å². The van der Waals surface area contributed by atoms with Gasteiger partial charge in [0.05, 0.1) is 24.2 Å². The van der Waals surface area contributed by atoms with E-state index in [4.69, 9.17) is 4.74 Å². The van der Waals surface area contributed by atoms with E-state index in [1.165, 1.54) is 24.7 Å². The lowest BCUT2D eigenvalue weighted by atomic mass is 10.1. The van der Waals surface area contributed by atoms with E-state index in [1.807, 2.05) is 13.0 Å². The van der Waals surface area contributed by atoms with Crippen molar-refractivity contribution in [3.63, 3.8) is 0 Å². The maximum Gasteiger partial charge on any atom is 0.165 e. The van der Waals surface area contributed by atoms with E-state index in [2.05, 4.69) is 14.9 Å². The van der Waals surface area contributed by atoms with E-state index in [0.717, 1.165) is 17.0 Å². The number of aromatic nitrogens is 2. The molecule has 0 aliphatic carbocycles. The van der Waals surface area contributed by atoms with Crippen molar-refractivity contribution in [1.82, 2.24) is 14.9 Å². The predicted molar refractivity (Wildman–Crippen MR) is 68.4 cm³/mol. The molecule has 1 unspecified atom stereocenters. The van der Waals surface area contributed by atoms with Crippen LogP contribution in [-0.2, 0) is 0 Å². The average molecular weight is 267 g/mol. The smallest absolute Gasteiger partial charge is 0.165 e. The second-order valence-electron chi connectivity index (χ2n) is 3.70. The summed E-state index contributed by atoms with van der Waals surface area (Å²) in [6.45, 7) is 2.78. The minimum Gasteiger partial charge on any atom is -0.494 e. The minimum absolute atomic E-state index is 0.0876. The van der Waals surface area contributed by atoms with Gasteiger partial charge in [0.2, 0.25) is 0 Å². The number of halogens is 1. The first-order chi connectivity index (χ1) is 8.76. The first-order valence-corrected chi connectivity index (χ1v) is 6.37. The Labute approximate surface area is 109 Å². The third-order valence-electron chi connectivity index (χ3n) is 2.58. The Bertz CT molecular complexity index is 504. The van der Waals surface area contributed by atoms with Crippen LogP contribution in [-0.4, -0.2) is 23.2 Å². The van der Waals surface area contributed by atoms with Crippen LogP contribution in [0, 0.1) is 5.82 Å². The third-order valence-corrected chi connectivity index (χ3v) is 3.31. The van der Waals surface area contributed by atoms with Crippen LogP contribution in [0.3, 0.4) is 0 Å². The maximum atomic E-state index is 13.7. The Kier molecular flexibility index (Phi) is 4.22. The Morgan fingerprint density at radius 3 is 2.89 bits per heavy atom. The predicted octanol–water partition coefficient (Wildman–Crippen LogP) is 2.38. The molecule has 0 bridgehead atoms. The van der Waals surface area contributed by atoms with Gasteiger partial charge >= 0.3 is 0 Å². The lowest BCUT2D eigenvalue weighted by Gasteiger charge is -2.16. The Morgan fingerprint density at radius 1 is 1.50 bits per heavy atom. The van der Waals surface area contributed by atoms with Crippen molar-refractivity contribution in [3.8, 4) is 5.75 Å². The molecular weight excluding hydrogens is 253 g/mol. The molecule has 0 saturated heterocycles. The quantitative estimate of drug-likeness (QED) is 0.903. The average Bonchev–Trinajstić information content (AvgIpc) is 2.89. The highest BCUT2D eigenvalue weighted by atomic mass is 32.1. The highest BCUT2D eigenvalue weighted by Crippen LogP contribution is 2.27. The number of hydrogen-bond acceptors (Lipinski definition) is 5. The van der Waals surface area contributed by atoms with Gasteiger partial charge in [0.25, 0.3) is 0 Å². The summed E-state index contributed by atoms with van der Waals surface area (Å²) in [4.78, 5) is 0.960. The molecule has 6 heteroatoms. The first-order valence-electron chi connectivity index (χ1n) is 5.60. The van der Waals surface area contributed by atoms with Crippen molar-refractivity contribution >= 4 is 11.5 Å². The van der Waals surface area contributed by atoms with Crippen LogP contribution in [0.25, 0.3) is 0 Å². The molecule has 96 valence electrons. The molecule has 0 aliphatic rings. The van der Waals surface area contributed by atoms with E-state index < -0.39 is 0 Å². The van der Waals surface area contributed by atoms with Gasteiger partial charge in [-0.2, -0.15) is 0 Å². The van der Waals surface area contributed by atoms with Gasteiger partial charge < -0.3 is 10.1 Å². The standard InChI is InChI=1S/C12H14FN3OS/c1-3-14-12(11-7-15-16-18-11)8-4-5-10(17-2)9(13)6-8/h4-7,12,14H,3H2,1-2H3. The number of rotatable bonds is 5. The molecule has 2 aromatic rings. The molecule has 0 saturated carbocycles. The molecule has 1 heterocycles. The van der Waals surface area contributed by atoms with Crippen LogP contribution in [0.5, 0.6) is 5.75 Å². The monoisotopic (exact) mass is 267 g/mol. The Morgan fingerprint density at radius 2 is 2.33 bits per heavy atom. The summed E-state index contributed by atoms with van der Waals surface area (Å²) in [5.74, 6) is -0.119. The molecule has 0 radical (unpaired) electrons. The highest BCUT2D eigenvalue weighted by Gasteiger charge is 2.17. The second kappa shape index (κ2) is 5.88. The van der Waals surface area contributed by atoms with Gasteiger partial charge in [-0.3, -0.25) is 0 Å². The Balaban J connectivity index is 2.34. The molecule has 0 spiro atoms. The summed E-state index contributed by atoms with van der Waals surface area (Å²) in [7, 11) is 1.45. The topological polar surface area (TPSA) is 47.0 Å². The minimum atomic E-state index is -0.365. The molecule has 0 aliphatic heterocycles. The number of ether oxygens (including phenoxy) is 1. The van der Waals surface area contributed by atoms with Gasteiger partial charge in [0, 0.05) is 0 Å². The fourth-order valence-electron chi connectivity index (χ4n) is 1.75. The molecule has 18 heavy (non-hydrogen) atoms. The summed E-state index contributed by atoms with van der Waals surface area (Å²) >= 11 is 1.30. The summed E-state index contributed by atoms with van der Waals surface area (Å²) in [5.41, 5.74) is 0.834. The van der Waals surface area contributed by atoms with Crippen molar-refractivity contribution in [2.45, 2.75) is 13.0 Å². The summed E-state index contributed by atoms with van der Waals surface area (Å²) in [5, 5.41) is 7.11. The van der Waals surface area contributed by atoms with Crippen molar-refractivity contribution in [2.75, 3.05) is 13.7 Å². The van der Waals surface area contributed by atoms with Gasteiger partial charge in [-0.1, -0.05) is 17.5 Å². The van der Waals surface area contributed by atoms with E-state index >= 15 is 0 Å². The number of nitrogens with zero attached hydrogens (tertiary/aromatic N) is 2. The molecule has 1 atom stereocenters. The first kappa shape index (κ1) is 12.9. The summed E-state index contributed by atoms with van der Waals surface area (Å²) in [6.07, 6.45) is 1.69. The number of hydrogen-bond donors (Lipinski definition) is 1. The van der Waals surface area contributed by atoms with Gasteiger partial charge in [0.15, 0.2) is 11.6 Å². The molecular formula is C12H14FN3OS. The fourth-order valence-corrected chi connectivity index (χ4v) is 2.36. The largest absolute Gasteiger partial charge is 0.494 e. The van der Waals surface area contributed by atoms with Crippen LogP contribution in [0.2, 0.25) is 0 Å². The van der Waals surface area contributed by atoms with Gasteiger partial charge in [-0.15, -0.1) is 5.10 Å². The Hall–Kier alpha value is -1.53. The second-order valence-corrected chi connectivity index (χ2v) is 4.52. The van der Waals surface area contributed by atoms with E-state index in [-0.39, 0.29) is 17.6 Å². The summed E-state index contributed by atoms with van der Waals surface area (Å²) < 4.78 is 22.5. The zero-order chi connectivity index (χ0) is 13.0. The van der Waals surface area contributed by atoms with Crippen LogP contribution in [0.1, 0.15) is 23.4 Å². The van der Waals surface area contributed by atoms with E-state index in [9.17, 15) is 4.39 Å². The van der Waals surface area contributed by atoms with Crippen LogP contribution < -0.4 is 10.1 Å². The lowest BCUT2D eigenvalue weighted by Crippen LogP contribution is -2.21. The van der Waals surface area contributed by atoms with Crippen molar-refractivity contribution < 1.29 is 9.13 Å². The van der Waals surface area contributed by atoms with Crippen LogP contribution in [0.15, 0.2) is 24.4 Å². The molecule has 1 N–H and O–H groups in total. The molecule has 1 aromatic carbocycles. The number of methoxy groups -OCH3 is 1. The SMILES string of the molecule is CCNC(c1ccc(OC)c(F)c1)c1cnns1. The van der Waals surface area contributed by atoms with Crippen molar-refractivity contribution in [1.29, 1.82) is 0 Å².